The predicted molar refractivity (Wildman–Crippen MR) is 111 cm³/mol. The molecule has 0 aromatic rings. The number of carbonyl (C=O) groups is 1. The van der Waals surface area contributed by atoms with Gasteiger partial charge in [0.15, 0.2) is 0 Å². The van der Waals surface area contributed by atoms with Crippen LogP contribution in [0.2, 0.25) is 0 Å². The smallest absolute Gasteiger partial charge is 0.220 e. The van der Waals surface area contributed by atoms with Crippen molar-refractivity contribution in [3.63, 3.8) is 0 Å². The second-order valence-electron chi connectivity index (χ2n) is 9.95. The van der Waals surface area contributed by atoms with Crippen LogP contribution in [-0.4, -0.2) is 47.8 Å². The second-order valence-corrected chi connectivity index (χ2v) is 9.95. The highest BCUT2D eigenvalue weighted by Crippen LogP contribution is 2.57. The Morgan fingerprint density at radius 2 is 2.21 bits per heavy atom. The Kier molecular flexibility index (Phi) is 5.26. The third kappa shape index (κ3) is 3.83. The quantitative estimate of drug-likeness (QED) is 0.758. The Morgan fingerprint density at radius 1 is 1.41 bits per heavy atom. The van der Waals surface area contributed by atoms with Gasteiger partial charge in [-0.25, -0.2) is 4.99 Å². The van der Waals surface area contributed by atoms with Crippen LogP contribution >= 0.6 is 0 Å². The van der Waals surface area contributed by atoms with E-state index < -0.39 is 6.10 Å². The van der Waals surface area contributed by atoms with E-state index in [0.29, 0.717) is 31.6 Å². The molecule has 0 aromatic carbocycles. The number of methoxy groups -OCH3 is 1. The van der Waals surface area contributed by atoms with E-state index in [1.807, 2.05) is 20.8 Å². The zero-order valence-electron chi connectivity index (χ0n) is 18.1. The summed E-state index contributed by atoms with van der Waals surface area (Å²) in [5, 5.41) is 13.4. The summed E-state index contributed by atoms with van der Waals surface area (Å²) in [4.78, 5) is 17.4. The van der Waals surface area contributed by atoms with E-state index in [2.05, 4.69) is 11.4 Å². The molecule has 2 N–H and O–H groups in total. The summed E-state index contributed by atoms with van der Waals surface area (Å²) in [5.41, 5.74) is 1.84. The molecule has 0 bridgehead atoms. The number of aliphatic hydroxyl groups excluding tert-OH is 1. The first kappa shape index (κ1) is 20.5. The Balaban J connectivity index is 1.68. The maximum absolute atomic E-state index is 12.4. The van der Waals surface area contributed by atoms with Crippen LogP contribution in [0.4, 0.5) is 0 Å². The van der Waals surface area contributed by atoms with Gasteiger partial charge in [-0.3, -0.25) is 4.79 Å². The number of rotatable bonds is 3. The van der Waals surface area contributed by atoms with Gasteiger partial charge in [0, 0.05) is 35.9 Å². The highest BCUT2D eigenvalue weighted by Gasteiger charge is 2.55. The molecule has 4 rings (SSSR count). The van der Waals surface area contributed by atoms with Gasteiger partial charge in [-0.15, -0.1) is 0 Å². The highest BCUT2D eigenvalue weighted by molar-refractivity contribution is 5.95. The molecule has 0 radical (unpaired) electrons. The van der Waals surface area contributed by atoms with Gasteiger partial charge in [0.25, 0.3) is 0 Å². The lowest BCUT2D eigenvalue weighted by molar-refractivity contribution is -0.122. The standard InChI is InChI=1S/C23H34N2O4/c1-22(2,3)25-19(27)9-8-14-13-23-10-6-5-7-18(23)29-17-12-15(26)11-16(20(17)23)24-21(14)28-4/h13,15-16,18,26H,5-12H2,1-4H3,(H,25,27)/t15-,16?,18?,23?/m1/s1. The first-order valence-corrected chi connectivity index (χ1v) is 10.9. The van der Waals surface area contributed by atoms with Crippen molar-refractivity contribution in [3.8, 4) is 0 Å². The summed E-state index contributed by atoms with van der Waals surface area (Å²) < 4.78 is 12.1. The Labute approximate surface area is 173 Å². The fourth-order valence-electron chi connectivity index (χ4n) is 5.51. The van der Waals surface area contributed by atoms with Crippen molar-refractivity contribution >= 4 is 11.8 Å². The summed E-state index contributed by atoms with van der Waals surface area (Å²) in [7, 11) is 1.64. The van der Waals surface area contributed by atoms with Gasteiger partial charge in [0.2, 0.25) is 11.8 Å². The number of ether oxygens (including phenoxy) is 2. The SMILES string of the molecule is COC1=NC2C[C@@H](O)CC3=C2C2(C=C1CCC(=O)NC(C)(C)C)CCCCC2O3. The largest absolute Gasteiger partial charge is 0.493 e. The van der Waals surface area contributed by atoms with Gasteiger partial charge >= 0.3 is 0 Å². The van der Waals surface area contributed by atoms with Crippen molar-refractivity contribution in [2.45, 2.75) is 95.9 Å². The van der Waals surface area contributed by atoms with E-state index in [0.717, 1.165) is 37.0 Å². The molecule has 2 heterocycles. The average Bonchev–Trinajstić information content (AvgIpc) is 2.88. The number of nitrogens with one attached hydrogen (secondary N) is 1. The molecule has 29 heavy (non-hydrogen) atoms. The molecule has 1 spiro atoms. The van der Waals surface area contributed by atoms with Gasteiger partial charge in [-0.05, 0) is 46.5 Å². The Bertz CT molecular complexity index is 776. The molecular formula is C23H34N2O4. The lowest BCUT2D eigenvalue weighted by Crippen LogP contribution is -2.40. The lowest BCUT2D eigenvalue weighted by atomic mass is 9.64. The van der Waals surface area contributed by atoms with Gasteiger partial charge in [-0.1, -0.05) is 12.5 Å². The summed E-state index contributed by atoms with van der Waals surface area (Å²) >= 11 is 0. The van der Waals surface area contributed by atoms with Crippen molar-refractivity contribution in [2.24, 2.45) is 10.4 Å². The number of aliphatic imine (C=N–C) groups is 1. The molecule has 1 amide bonds. The van der Waals surface area contributed by atoms with Gasteiger partial charge < -0.3 is 19.9 Å². The number of amides is 1. The number of hydrogen-bond acceptors (Lipinski definition) is 5. The molecular weight excluding hydrogens is 368 g/mol. The first-order valence-electron chi connectivity index (χ1n) is 10.9. The lowest BCUT2D eigenvalue weighted by Gasteiger charge is -2.39. The molecule has 2 aliphatic carbocycles. The molecule has 1 fully saturated rings. The average molecular weight is 403 g/mol. The molecule has 1 saturated carbocycles. The van der Waals surface area contributed by atoms with Crippen LogP contribution in [0.1, 0.15) is 72.1 Å². The molecule has 6 nitrogen and oxygen atoms in total. The first-order chi connectivity index (χ1) is 13.7. The van der Waals surface area contributed by atoms with E-state index in [1.54, 1.807) is 7.11 Å². The minimum absolute atomic E-state index is 0.0335. The molecule has 0 saturated heterocycles. The van der Waals surface area contributed by atoms with Crippen molar-refractivity contribution in [2.75, 3.05) is 7.11 Å². The predicted octanol–water partition coefficient (Wildman–Crippen LogP) is 3.40. The molecule has 6 heteroatoms. The Morgan fingerprint density at radius 3 is 2.93 bits per heavy atom. The van der Waals surface area contributed by atoms with Crippen molar-refractivity contribution in [3.05, 3.63) is 23.0 Å². The molecule has 0 aromatic heterocycles. The third-order valence-corrected chi connectivity index (χ3v) is 6.53. The zero-order valence-corrected chi connectivity index (χ0v) is 18.1. The van der Waals surface area contributed by atoms with Gasteiger partial charge in [0.05, 0.1) is 24.7 Å². The monoisotopic (exact) mass is 402 g/mol. The summed E-state index contributed by atoms with van der Waals surface area (Å²) in [6.45, 7) is 5.97. The number of aliphatic hydroxyl groups is 1. The Hall–Kier alpha value is -1.82. The minimum atomic E-state index is -0.433. The molecule has 160 valence electrons. The third-order valence-electron chi connectivity index (χ3n) is 6.53. The van der Waals surface area contributed by atoms with Crippen LogP contribution in [0.3, 0.4) is 0 Å². The number of hydrogen-bond donors (Lipinski definition) is 2. The number of nitrogens with zero attached hydrogens (tertiary/aromatic N) is 1. The fraction of sp³-hybridized carbons (Fsp3) is 0.739. The maximum Gasteiger partial charge on any atom is 0.220 e. The topological polar surface area (TPSA) is 80.2 Å². The van der Waals surface area contributed by atoms with Crippen LogP contribution in [0.25, 0.3) is 0 Å². The van der Waals surface area contributed by atoms with Crippen molar-refractivity contribution in [1.82, 2.24) is 5.32 Å². The van der Waals surface area contributed by atoms with Crippen LogP contribution in [0, 0.1) is 5.41 Å². The van der Waals surface area contributed by atoms with E-state index in [9.17, 15) is 9.90 Å². The van der Waals surface area contributed by atoms with E-state index in [1.165, 1.54) is 5.57 Å². The second kappa shape index (κ2) is 7.46. The van der Waals surface area contributed by atoms with Crippen LogP contribution in [0.5, 0.6) is 0 Å². The van der Waals surface area contributed by atoms with Crippen molar-refractivity contribution in [1.29, 1.82) is 0 Å². The maximum atomic E-state index is 12.4. The minimum Gasteiger partial charge on any atom is -0.493 e. The molecule has 2 aliphatic heterocycles. The highest BCUT2D eigenvalue weighted by atomic mass is 16.5. The van der Waals surface area contributed by atoms with Crippen molar-refractivity contribution < 1.29 is 19.4 Å². The normalized spacial score (nSPS) is 33.6. The summed E-state index contributed by atoms with van der Waals surface area (Å²) in [6.07, 6.45) is 8.53. The van der Waals surface area contributed by atoms with Crippen LogP contribution in [-0.2, 0) is 14.3 Å². The molecule has 4 aliphatic rings. The van der Waals surface area contributed by atoms with Gasteiger partial charge in [0.1, 0.15) is 11.9 Å². The number of carbonyl (C=O) groups excluding carboxylic acids is 1. The van der Waals surface area contributed by atoms with E-state index in [4.69, 9.17) is 14.5 Å². The summed E-state index contributed by atoms with van der Waals surface area (Å²) in [6, 6.07) is -0.107. The van der Waals surface area contributed by atoms with E-state index >= 15 is 0 Å². The van der Waals surface area contributed by atoms with Crippen LogP contribution in [0.15, 0.2) is 28.0 Å². The molecule has 3 unspecified atom stereocenters. The van der Waals surface area contributed by atoms with Crippen LogP contribution < -0.4 is 5.32 Å². The molecule has 4 atom stereocenters. The van der Waals surface area contributed by atoms with Gasteiger partial charge in [-0.2, -0.15) is 0 Å². The fourth-order valence-corrected chi connectivity index (χ4v) is 5.51. The summed E-state index contributed by atoms with van der Waals surface area (Å²) in [5.74, 6) is 1.58. The van der Waals surface area contributed by atoms with E-state index in [-0.39, 0.29) is 29.0 Å². The zero-order chi connectivity index (χ0) is 20.8.